The standard InChI is InChI=1S/C17H20O2S/c1-3-4-5-15-8-12-17(13-9-15)20(18,19)16-10-6-14(2)7-11-16/h6-13H,3-5H2,1-2H3. The van der Waals surface area contributed by atoms with E-state index in [1.54, 1.807) is 24.3 Å². The summed E-state index contributed by atoms with van der Waals surface area (Å²) in [6.45, 7) is 4.09. The quantitative estimate of drug-likeness (QED) is 0.827. The van der Waals surface area contributed by atoms with E-state index in [9.17, 15) is 8.42 Å². The molecule has 0 saturated heterocycles. The van der Waals surface area contributed by atoms with E-state index in [0.29, 0.717) is 9.79 Å². The van der Waals surface area contributed by atoms with Gasteiger partial charge < -0.3 is 0 Å². The average molecular weight is 288 g/mol. The van der Waals surface area contributed by atoms with Crippen LogP contribution >= 0.6 is 0 Å². The van der Waals surface area contributed by atoms with Crippen LogP contribution in [0.2, 0.25) is 0 Å². The lowest BCUT2D eigenvalue weighted by Crippen LogP contribution is -2.02. The van der Waals surface area contributed by atoms with Crippen LogP contribution in [0.1, 0.15) is 30.9 Å². The van der Waals surface area contributed by atoms with Gasteiger partial charge in [0.25, 0.3) is 0 Å². The van der Waals surface area contributed by atoms with Crippen molar-refractivity contribution in [2.45, 2.75) is 42.9 Å². The van der Waals surface area contributed by atoms with Crippen LogP contribution < -0.4 is 0 Å². The molecule has 0 amide bonds. The van der Waals surface area contributed by atoms with Crippen LogP contribution in [-0.2, 0) is 16.3 Å². The highest BCUT2D eigenvalue weighted by molar-refractivity contribution is 7.91. The lowest BCUT2D eigenvalue weighted by molar-refractivity contribution is 0.596. The predicted molar refractivity (Wildman–Crippen MR) is 81.7 cm³/mol. The van der Waals surface area contributed by atoms with E-state index in [4.69, 9.17) is 0 Å². The first-order chi connectivity index (χ1) is 9.54. The van der Waals surface area contributed by atoms with Gasteiger partial charge >= 0.3 is 0 Å². The molecule has 0 aliphatic carbocycles. The SMILES string of the molecule is CCCCc1ccc(S(=O)(=O)c2ccc(C)cc2)cc1. The molecule has 0 atom stereocenters. The van der Waals surface area contributed by atoms with Crippen molar-refractivity contribution >= 4 is 9.84 Å². The molecule has 106 valence electrons. The Morgan fingerprint density at radius 3 is 1.85 bits per heavy atom. The van der Waals surface area contributed by atoms with Crippen molar-refractivity contribution in [3.8, 4) is 0 Å². The molecule has 2 aromatic rings. The molecule has 0 aliphatic heterocycles. The molecule has 0 spiro atoms. The third-order valence-corrected chi connectivity index (χ3v) is 5.17. The van der Waals surface area contributed by atoms with Crippen molar-refractivity contribution in [2.75, 3.05) is 0 Å². The van der Waals surface area contributed by atoms with E-state index in [0.717, 1.165) is 24.8 Å². The number of sulfone groups is 1. The lowest BCUT2D eigenvalue weighted by Gasteiger charge is -2.06. The molecule has 0 fully saturated rings. The third kappa shape index (κ3) is 3.28. The molecule has 0 aromatic heterocycles. The predicted octanol–water partition coefficient (Wildman–Crippen LogP) is 4.17. The highest BCUT2D eigenvalue weighted by Gasteiger charge is 2.16. The number of hydrogen-bond donors (Lipinski definition) is 0. The van der Waals surface area contributed by atoms with Gasteiger partial charge in [-0.2, -0.15) is 0 Å². The fourth-order valence-electron chi connectivity index (χ4n) is 2.07. The van der Waals surface area contributed by atoms with Crippen LogP contribution in [0.15, 0.2) is 58.3 Å². The second-order valence-electron chi connectivity index (χ2n) is 5.06. The van der Waals surface area contributed by atoms with Crippen molar-refractivity contribution in [1.82, 2.24) is 0 Å². The van der Waals surface area contributed by atoms with E-state index >= 15 is 0 Å². The average Bonchev–Trinajstić information content (AvgIpc) is 2.46. The number of rotatable bonds is 5. The van der Waals surface area contributed by atoms with E-state index in [2.05, 4.69) is 6.92 Å². The van der Waals surface area contributed by atoms with Gasteiger partial charge in [0.2, 0.25) is 9.84 Å². The Bertz CT molecular complexity index is 653. The highest BCUT2D eigenvalue weighted by atomic mass is 32.2. The summed E-state index contributed by atoms with van der Waals surface area (Å²) in [7, 11) is -3.39. The van der Waals surface area contributed by atoms with Crippen LogP contribution in [0.25, 0.3) is 0 Å². The summed E-state index contributed by atoms with van der Waals surface area (Å²) < 4.78 is 24.9. The first kappa shape index (κ1) is 14.8. The molecule has 0 radical (unpaired) electrons. The second kappa shape index (κ2) is 6.23. The van der Waals surface area contributed by atoms with Gasteiger partial charge in [0, 0.05) is 0 Å². The number of unbranched alkanes of at least 4 members (excludes halogenated alkanes) is 1. The molecule has 0 unspecified atom stereocenters. The van der Waals surface area contributed by atoms with Gasteiger partial charge in [0.1, 0.15) is 0 Å². The second-order valence-corrected chi connectivity index (χ2v) is 7.01. The summed E-state index contributed by atoms with van der Waals surface area (Å²) in [6.07, 6.45) is 3.27. The molecule has 0 N–H and O–H groups in total. The van der Waals surface area contributed by atoms with Gasteiger partial charge in [-0.25, -0.2) is 8.42 Å². The zero-order valence-corrected chi connectivity index (χ0v) is 12.8. The lowest BCUT2D eigenvalue weighted by atomic mass is 10.1. The van der Waals surface area contributed by atoms with Crippen molar-refractivity contribution in [3.63, 3.8) is 0 Å². The van der Waals surface area contributed by atoms with Gasteiger partial charge in [-0.1, -0.05) is 43.2 Å². The normalized spacial score (nSPS) is 11.5. The van der Waals surface area contributed by atoms with Crippen molar-refractivity contribution in [3.05, 3.63) is 59.7 Å². The fourth-order valence-corrected chi connectivity index (χ4v) is 3.33. The zero-order valence-electron chi connectivity index (χ0n) is 12.0. The van der Waals surface area contributed by atoms with Gasteiger partial charge in [0.05, 0.1) is 9.79 Å². The molecule has 20 heavy (non-hydrogen) atoms. The fraction of sp³-hybridized carbons (Fsp3) is 0.294. The van der Waals surface area contributed by atoms with Gasteiger partial charge in [-0.3, -0.25) is 0 Å². The van der Waals surface area contributed by atoms with Crippen LogP contribution in [0.5, 0.6) is 0 Å². The maximum Gasteiger partial charge on any atom is 0.206 e. The largest absolute Gasteiger partial charge is 0.219 e. The van der Waals surface area contributed by atoms with E-state index in [1.807, 2.05) is 31.2 Å². The minimum absolute atomic E-state index is 0.351. The zero-order chi connectivity index (χ0) is 14.6. The molecule has 3 heteroatoms. The molecule has 0 saturated carbocycles. The molecule has 0 heterocycles. The third-order valence-electron chi connectivity index (χ3n) is 3.38. The van der Waals surface area contributed by atoms with Crippen LogP contribution in [0, 0.1) is 6.92 Å². The van der Waals surface area contributed by atoms with E-state index in [-0.39, 0.29) is 0 Å². The highest BCUT2D eigenvalue weighted by Crippen LogP contribution is 2.21. The molecular weight excluding hydrogens is 268 g/mol. The Morgan fingerprint density at radius 1 is 0.850 bits per heavy atom. The number of aryl methyl sites for hydroxylation is 2. The minimum atomic E-state index is -3.39. The monoisotopic (exact) mass is 288 g/mol. The number of hydrogen-bond acceptors (Lipinski definition) is 2. The van der Waals surface area contributed by atoms with Crippen molar-refractivity contribution in [2.24, 2.45) is 0 Å². The Hall–Kier alpha value is -1.61. The number of benzene rings is 2. The van der Waals surface area contributed by atoms with Gasteiger partial charge in [0.15, 0.2) is 0 Å². The molecule has 0 bridgehead atoms. The van der Waals surface area contributed by atoms with E-state index in [1.165, 1.54) is 5.56 Å². The van der Waals surface area contributed by atoms with Crippen molar-refractivity contribution < 1.29 is 8.42 Å². The van der Waals surface area contributed by atoms with Crippen LogP contribution in [-0.4, -0.2) is 8.42 Å². The van der Waals surface area contributed by atoms with Gasteiger partial charge in [-0.15, -0.1) is 0 Å². The topological polar surface area (TPSA) is 34.1 Å². The first-order valence-corrected chi connectivity index (χ1v) is 8.43. The molecular formula is C17H20O2S. The summed E-state index contributed by atoms with van der Waals surface area (Å²) >= 11 is 0. The van der Waals surface area contributed by atoms with E-state index < -0.39 is 9.84 Å². The molecule has 0 aliphatic rings. The Morgan fingerprint density at radius 2 is 1.35 bits per heavy atom. The summed E-state index contributed by atoms with van der Waals surface area (Å²) in [6, 6.07) is 14.2. The first-order valence-electron chi connectivity index (χ1n) is 6.94. The summed E-state index contributed by atoms with van der Waals surface area (Å²) in [5.41, 5.74) is 2.24. The van der Waals surface area contributed by atoms with Gasteiger partial charge in [-0.05, 0) is 49.6 Å². The van der Waals surface area contributed by atoms with Crippen molar-refractivity contribution in [1.29, 1.82) is 0 Å². The smallest absolute Gasteiger partial charge is 0.206 e. The summed E-state index contributed by atoms with van der Waals surface area (Å²) in [5.74, 6) is 0. The summed E-state index contributed by atoms with van der Waals surface area (Å²) in [5, 5.41) is 0. The molecule has 2 rings (SSSR count). The molecule has 2 aromatic carbocycles. The Balaban J connectivity index is 2.27. The summed E-state index contributed by atoms with van der Waals surface area (Å²) in [4.78, 5) is 0.714. The minimum Gasteiger partial charge on any atom is -0.219 e. The van der Waals surface area contributed by atoms with Crippen LogP contribution in [0.4, 0.5) is 0 Å². The Kier molecular flexibility index (Phi) is 4.61. The Labute approximate surface area is 121 Å². The maximum atomic E-state index is 12.5. The maximum absolute atomic E-state index is 12.5. The van der Waals surface area contributed by atoms with Crippen LogP contribution in [0.3, 0.4) is 0 Å². The molecule has 2 nitrogen and oxygen atoms in total.